The SMILES string of the molecule is c1ccc(N=C(c2ccccc2)N2CCCC2)cc1. The number of aliphatic imine (C=N–C) groups is 1. The smallest absolute Gasteiger partial charge is 0.136 e. The first-order valence-corrected chi connectivity index (χ1v) is 6.87. The van der Waals surface area contributed by atoms with Crippen LogP contribution < -0.4 is 0 Å². The van der Waals surface area contributed by atoms with E-state index in [1.807, 2.05) is 24.3 Å². The highest BCUT2D eigenvalue weighted by atomic mass is 15.2. The second kappa shape index (κ2) is 5.70. The number of rotatable bonds is 2. The Morgan fingerprint density at radius 2 is 1.37 bits per heavy atom. The first kappa shape index (κ1) is 12.0. The van der Waals surface area contributed by atoms with Crippen LogP contribution in [0.25, 0.3) is 0 Å². The van der Waals surface area contributed by atoms with Gasteiger partial charge in [-0.25, -0.2) is 4.99 Å². The Labute approximate surface area is 114 Å². The lowest BCUT2D eigenvalue weighted by Crippen LogP contribution is -2.28. The molecular formula is C17H18N2. The largest absolute Gasteiger partial charge is 0.356 e. The van der Waals surface area contributed by atoms with Gasteiger partial charge in [-0.3, -0.25) is 0 Å². The Morgan fingerprint density at radius 1 is 0.789 bits per heavy atom. The quantitative estimate of drug-likeness (QED) is 0.583. The molecule has 2 aromatic rings. The van der Waals surface area contributed by atoms with Crippen molar-refractivity contribution in [1.82, 2.24) is 4.90 Å². The first-order valence-electron chi connectivity index (χ1n) is 6.87. The Kier molecular flexibility index (Phi) is 3.59. The lowest BCUT2D eigenvalue weighted by atomic mass is 10.2. The number of amidine groups is 1. The monoisotopic (exact) mass is 250 g/mol. The van der Waals surface area contributed by atoms with E-state index in [1.165, 1.54) is 18.4 Å². The standard InChI is InChI=1S/C17H18N2/c1-3-9-15(10-4-1)17(19-13-7-8-14-19)18-16-11-5-2-6-12-16/h1-6,9-12H,7-8,13-14H2. The minimum absolute atomic E-state index is 1.02. The van der Waals surface area contributed by atoms with Crippen LogP contribution >= 0.6 is 0 Å². The van der Waals surface area contributed by atoms with E-state index in [1.54, 1.807) is 0 Å². The van der Waals surface area contributed by atoms with Gasteiger partial charge in [0.15, 0.2) is 0 Å². The van der Waals surface area contributed by atoms with E-state index in [0.29, 0.717) is 0 Å². The van der Waals surface area contributed by atoms with Crippen LogP contribution in [0, 0.1) is 0 Å². The molecule has 2 heteroatoms. The van der Waals surface area contributed by atoms with Crippen molar-refractivity contribution in [2.24, 2.45) is 4.99 Å². The first-order chi connectivity index (χ1) is 9.43. The highest BCUT2D eigenvalue weighted by Gasteiger charge is 2.17. The van der Waals surface area contributed by atoms with Crippen LogP contribution in [0.5, 0.6) is 0 Å². The third kappa shape index (κ3) is 2.84. The summed E-state index contributed by atoms with van der Waals surface area (Å²) in [4.78, 5) is 7.24. The molecule has 1 aliphatic heterocycles. The van der Waals surface area contributed by atoms with Crippen LogP contribution in [-0.4, -0.2) is 23.8 Å². The maximum Gasteiger partial charge on any atom is 0.136 e. The van der Waals surface area contributed by atoms with Crippen molar-refractivity contribution in [2.45, 2.75) is 12.8 Å². The molecule has 2 aromatic carbocycles. The van der Waals surface area contributed by atoms with Crippen LogP contribution in [0.2, 0.25) is 0 Å². The van der Waals surface area contributed by atoms with Gasteiger partial charge in [0, 0.05) is 18.7 Å². The number of nitrogens with zero attached hydrogens (tertiary/aromatic N) is 2. The Bertz CT molecular complexity index is 540. The minimum Gasteiger partial charge on any atom is -0.356 e. The maximum atomic E-state index is 4.85. The number of hydrogen-bond acceptors (Lipinski definition) is 1. The Balaban J connectivity index is 1.99. The van der Waals surface area contributed by atoms with Gasteiger partial charge in [0.2, 0.25) is 0 Å². The number of likely N-dealkylation sites (tertiary alicyclic amines) is 1. The van der Waals surface area contributed by atoms with Gasteiger partial charge < -0.3 is 4.90 Å². The molecule has 0 spiro atoms. The number of para-hydroxylation sites is 1. The molecule has 0 aliphatic carbocycles. The molecule has 0 radical (unpaired) electrons. The Hall–Kier alpha value is -2.09. The predicted molar refractivity (Wildman–Crippen MR) is 79.9 cm³/mol. The molecule has 0 bridgehead atoms. The van der Waals surface area contributed by atoms with E-state index in [0.717, 1.165) is 24.6 Å². The summed E-state index contributed by atoms with van der Waals surface area (Å²) in [5, 5.41) is 0. The van der Waals surface area contributed by atoms with E-state index in [9.17, 15) is 0 Å². The van der Waals surface area contributed by atoms with Crippen LogP contribution in [0.15, 0.2) is 65.7 Å². The summed E-state index contributed by atoms with van der Waals surface area (Å²) in [6.07, 6.45) is 2.53. The summed E-state index contributed by atoms with van der Waals surface area (Å²) >= 11 is 0. The molecule has 1 heterocycles. The summed E-state index contributed by atoms with van der Waals surface area (Å²) < 4.78 is 0. The molecular weight excluding hydrogens is 232 g/mol. The molecule has 1 saturated heterocycles. The van der Waals surface area contributed by atoms with Gasteiger partial charge in [-0.1, -0.05) is 48.5 Å². The van der Waals surface area contributed by atoms with Crippen molar-refractivity contribution >= 4 is 11.5 Å². The highest BCUT2D eigenvalue weighted by molar-refractivity contribution is 6.00. The summed E-state index contributed by atoms with van der Waals surface area (Å²) in [6.45, 7) is 2.22. The average molecular weight is 250 g/mol. The maximum absolute atomic E-state index is 4.85. The van der Waals surface area contributed by atoms with Crippen molar-refractivity contribution in [2.75, 3.05) is 13.1 Å². The van der Waals surface area contributed by atoms with Crippen molar-refractivity contribution in [3.8, 4) is 0 Å². The Morgan fingerprint density at radius 3 is 2.00 bits per heavy atom. The fraction of sp³-hybridized carbons (Fsp3) is 0.235. The van der Waals surface area contributed by atoms with E-state index < -0.39 is 0 Å². The van der Waals surface area contributed by atoms with Gasteiger partial charge in [-0.15, -0.1) is 0 Å². The fourth-order valence-electron chi connectivity index (χ4n) is 2.46. The van der Waals surface area contributed by atoms with Crippen LogP contribution in [0.3, 0.4) is 0 Å². The van der Waals surface area contributed by atoms with Gasteiger partial charge in [0.25, 0.3) is 0 Å². The molecule has 1 aliphatic rings. The molecule has 0 N–H and O–H groups in total. The topological polar surface area (TPSA) is 15.6 Å². The molecule has 1 fully saturated rings. The normalized spacial score (nSPS) is 15.8. The lowest BCUT2D eigenvalue weighted by molar-refractivity contribution is 0.521. The molecule has 19 heavy (non-hydrogen) atoms. The predicted octanol–water partition coefficient (Wildman–Crippen LogP) is 3.86. The fourth-order valence-corrected chi connectivity index (χ4v) is 2.46. The zero-order valence-corrected chi connectivity index (χ0v) is 11.0. The van der Waals surface area contributed by atoms with Gasteiger partial charge >= 0.3 is 0 Å². The van der Waals surface area contributed by atoms with Crippen LogP contribution in [-0.2, 0) is 0 Å². The number of benzene rings is 2. The third-order valence-corrected chi connectivity index (χ3v) is 3.43. The van der Waals surface area contributed by atoms with Crippen molar-refractivity contribution < 1.29 is 0 Å². The van der Waals surface area contributed by atoms with Crippen LogP contribution in [0.1, 0.15) is 18.4 Å². The van der Waals surface area contributed by atoms with E-state index in [2.05, 4.69) is 41.3 Å². The third-order valence-electron chi connectivity index (χ3n) is 3.43. The van der Waals surface area contributed by atoms with Crippen molar-refractivity contribution in [3.05, 3.63) is 66.2 Å². The zero-order chi connectivity index (χ0) is 12.9. The van der Waals surface area contributed by atoms with Crippen molar-refractivity contribution in [3.63, 3.8) is 0 Å². The summed E-state index contributed by atoms with van der Waals surface area (Å²) in [5.41, 5.74) is 2.22. The van der Waals surface area contributed by atoms with Crippen molar-refractivity contribution in [1.29, 1.82) is 0 Å². The van der Waals surface area contributed by atoms with Crippen LogP contribution in [0.4, 0.5) is 5.69 Å². The lowest BCUT2D eigenvalue weighted by Gasteiger charge is -2.20. The molecule has 3 rings (SSSR count). The van der Waals surface area contributed by atoms with Gasteiger partial charge in [0.1, 0.15) is 5.84 Å². The molecule has 96 valence electrons. The molecule has 0 aromatic heterocycles. The summed E-state index contributed by atoms with van der Waals surface area (Å²) in [7, 11) is 0. The van der Waals surface area contributed by atoms with Gasteiger partial charge in [0.05, 0.1) is 5.69 Å². The van der Waals surface area contributed by atoms with Gasteiger partial charge in [-0.2, -0.15) is 0 Å². The molecule has 0 atom stereocenters. The second-order valence-corrected chi connectivity index (χ2v) is 4.83. The van der Waals surface area contributed by atoms with E-state index in [4.69, 9.17) is 4.99 Å². The van der Waals surface area contributed by atoms with E-state index >= 15 is 0 Å². The average Bonchev–Trinajstić information content (AvgIpc) is 3.01. The number of hydrogen-bond donors (Lipinski definition) is 0. The summed E-state index contributed by atoms with van der Waals surface area (Å²) in [6, 6.07) is 20.7. The second-order valence-electron chi connectivity index (χ2n) is 4.83. The highest BCUT2D eigenvalue weighted by Crippen LogP contribution is 2.18. The molecule has 0 amide bonds. The zero-order valence-electron chi connectivity index (χ0n) is 11.0. The molecule has 0 saturated carbocycles. The van der Waals surface area contributed by atoms with Gasteiger partial charge in [-0.05, 0) is 25.0 Å². The minimum atomic E-state index is 1.02. The summed E-state index contributed by atoms with van der Waals surface area (Å²) in [5.74, 6) is 1.10. The van der Waals surface area contributed by atoms with E-state index in [-0.39, 0.29) is 0 Å². The molecule has 2 nitrogen and oxygen atoms in total. The molecule has 0 unspecified atom stereocenters.